The maximum atomic E-state index is 8.25. The fourth-order valence-corrected chi connectivity index (χ4v) is 0.820. The van der Waals surface area contributed by atoms with E-state index in [1.54, 1.807) is 15.7 Å². The Morgan fingerprint density at radius 3 is 2.20 bits per heavy atom. The molecule has 3 heteroatoms. The van der Waals surface area contributed by atoms with E-state index in [-0.39, 0.29) is 0 Å². The topological polar surface area (TPSA) is 20.2 Å². The van der Waals surface area contributed by atoms with E-state index >= 15 is 0 Å². The van der Waals surface area contributed by atoms with E-state index in [0.717, 1.165) is 0 Å². The van der Waals surface area contributed by atoms with E-state index in [0.29, 0.717) is 5.06 Å². The van der Waals surface area contributed by atoms with Gasteiger partial charge in [0.05, 0.1) is 5.38 Å². The normalized spacial score (nSPS) is 8.80. The molecule has 0 radical (unpaired) electrons. The van der Waals surface area contributed by atoms with Crippen LogP contribution in [-0.4, -0.2) is 5.11 Å². The second-order valence-electron chi connectivity index (χ2n) is 0.636. The van der Waals surface area contributed by atoms with Gasteiger partial charge in [0.25, 0.3) is 0 Å². The zero-order chi connectivity index (χ0) is 3.70. The molecule has 5 heavy (non-hydrogen) atoms. The van der Waals surface area contributed by atoms with Gasteiger partial charge in [-0.25, -0.2) is 0 Å². The van der Waals surface area contributed by atoms with E-state index in [1.165, 1.54) is 10.3 Å². The van der Waals surface area contributed by atoms with Crippen LogP contribution in [0.3, 0.4) is 0 Å². The van der Waals surface area contributed by atoms with Gasteiger partial charge in [-0.15, -0.1) is 0 Å². The average Bonchev–Trinajstić information content (AvgIpc) is 1.30. The Morgan fingerprint density at radius 2 is 2.20 bits per heavy atom. The van der Waals surface area contributed by atoms with Gasteiger partial charge in [0.2, 0.25) is 0 Å². The number of rotatable bonds is 0. The molecule has 0 saturated carbocycles. The van der Waals surface area contributed by atoms with Crippen LogP contribution < -0.4 is 0 Å². The second kappa shape index (κ2) is 0.988. The molecule has 1 rings (SSSR count). The summed E-state index contributed by atoms with van der Waals surface area (Å²) >= 11 is 0. The number of hydrogen-bond donors (Lipinski definition) is 1. The van der Waals surface area contributed by atoms with Crippen molar-refractivity contribution < 1.29 is 5.11 Å². The Morgan fingerprint density at radius 1 is 1.80 bits per heavy atom. The Hall–Kier alpha value is -0.0200. The van der Waals surface area contributed by atoms with Crippen molar-refractivity contribution in [2.45, 2.75) is 0 Å². The summed E-state index contributed by atoms with van der Waals surface area (Å²) in [5.74, 6) is 0. The summed E-state index contributed by atoms with van der Waals surface area (Å²) in [6.45, 7) is 0. The van der Waals surface area contributed by atoms with Crippen molar-refractivity contribution >= 4 is 20.7 Å². The van der Waals surface area contributed by atoms with Crippen LogP contribution in [0.4, 0.5) is 0 Å². The van der Waals surface area contributed by atoms with Gasteiger partial charge in [0, 0.05) is 0 Å². The van der Waals surface area contributed by atoms with E-state index in [4.69, 9.17) is 5.11 Å². The molecule has 0 atom stereocenters. The zero-order valence-corrected chi connectivity index (χ0v) is 3.97. The van der Waals surface area contributed by atoms with Crippen LogP contribution in [-0.2, 0) is 0 Å². The summed E-state index contributed by atoms with van der Waals surface area (Å²) in [6, 6.07) is 0. The van der Waals surface area contributed by atoms with Gasteiger partial charge >= 0.3 is 0 Å². The lowest BCUT2D eigenvalue weighted by atomic mass is 11.1. The summed E-state index contributed by atoms with van der Waals surface area (Å²) in [5.41, 5.74) is 0. The highest BCUT2D eigenvalue weighted by molar-refractivity contribution is 7.72. The highest BCUT2D eigenvalue weighted by Crippen LogP contribution is 2.25. The Bertz CT molecular complexity index is 89.8. The van der Waals surface area contributed by atoms with Gasteiger partial charge in [-0.1, -0.05) is 10.3 Å². The third-order valence-corrected chi connectivity index (χ3v) is 2.23. The zero-order valence-electron chi connectivity index (χ0n) is 2.34. The molecule has 0 aromatic carbocycles. The van der Waals surface area contributed by atoms with Crippen LogP contribution in [0.1, 0.15) is 0 Å². The molecular formula is C2H2OS2. The number of aromatic hydroxyl groups is 1. The largest absolute Gasteiger partial charge is 0.498 e. The molecule has 1 heterocycles. The van der Waals surface area contributed by atoms with Crippen molar-refractivity contribution in [1.29, 1.82) is 0 Å². The van der Waals surface area contributed by atoms with Gasteiger partial charge in [0.15, 0.2) is 5.06 Å². The monoisotopic (exact) mass is 106 g/mol. The van der Waals surface area contributed by atoms with Crippen LogP contribution in [0.25, 0.3) is 0 Å². The van der Waals surface area contributed by atoms with E-state index in [9.17, 15) is 0 Å². The minimum absolute atomic E-state index is 0.440. The fourth-order valence-electron chi connectivity index (χ4n) is 0.0911. The van der Waals surface area contributed by atoms with Crippen molar-refractivity contribution in [2.75, 3.05) is 0 Å². The summed E-state index contributed by atoms with van der Waals surface area (Å²) in [7, 11) is 2.94. The first-order valence-corrected chi connectivity index (χ1v) is 3.33. The maximum Gasteiger partial charge on any atom is 0.192 e. The smallest absolute Gasteiger partial charge is 0.192 e. The lowest BCUT2D eigenvalue weighted by molar-refractivity contribution is 0.491. The lowest BCUT2D eigenvalue weighted by Crippen LogP contribution is -1.45. The standard InChI is InChI=1S/C2H2OS2/c3-2-1-4-5-2/h1,3H. The van der Waals surface area contributed by atoms with Crippen molar-refractivity contribution in [1.82, 2.24) is 0 Å². The second-order valence-corrected chi connectivity index (χ2v) is 2.73. The van der Waals surface area contributed by atoms with Crippen molar-refractivity contribution in [3.63, 3.8) is 0 Å². The summed E-state index contributed by atoms with van der Waals surface area (Å²) in [6.07, 6.45) is 0. The molecule has 0 fully saturated rings. The van der Waals surface area contributed by atoms with Crippen LogP contribution >= 0.6 is 20.7 Å². The summed E-state index contributed by atoms with van der Waals surface area (Å²) in [5, 5.41) is 10.4. The highest BCUT2D eigenvalue weighted by atomic mass is 32.9. The van der Waals surface area contributed by atoms with Gasteiger partial charge in [0.1, 0.15) is 0 Å². The summed E-state index contributed by atoms with van der Waals surface area (Å²) < 4.78 is 0. The van der Waals surface area contributed by atoms with Crippen LogP contribution in [0.5, 0.6) is 5.06 Å². The van der Waals surface area contributed by atoms with E-state index in [1.807, 2.05) is 0 Å². The summed E-state index contributed by atoms with van der Waals surface area (Å²) in [4.78, 5) is 0. The minimum atomic E-state index is 0.440. The third kappa shape index (κ3) is 0.436. The van der Waals surface area contributed by atoms with Crippen molar-refractivity contribution in [2.24, 2.45) is 0 Å². The first-order chi connectivity index (χ1) is 2.39. The van der Waals surface area contributed by atoms with Crippen molar-refractivity contribution in [3.8, 4) is 5.06 Å². The molecular weight excluding hydrogens is 104 g/mol. The first-order valence-electron chi connectivity index (χ1n) is 1.12. The van der Waals surface area contributed by atoms with Crippen LogP contribution in [0.15, 0.2) is 5.38 Å². The molecule has 1 aromatic heterocycles. The van der Waals surface area contributed by atoms with Crippen LogP contribution in [0, 0.1) is 0 Å². The molecule has 28 valence electrons. The Labute approximate surface area is 36.9 Å². The molecule has 0 amide bonds. The fraction of sp³-hybridized carbons (Fsp3) is 0. The van der Waals surface area contributed by atoms with Gasteiger partial charge < -0.3 is 5.11 Å². The molecule has 0 spiro atoms. The predicted octanol–water partition coefficient (Wildman–Crippen LogP) is 1.52. The minimum Gasteiger partial charge on any atom is -0.498 e. The molecule has 0 saturated heterocycles. The first kappa shape index (κ1) is 3.18. The Kier molecular flexibility index (Phi) is 0.629. The van der Waals surface area contributed by atoms with E-state index < -0.39 is 0 Å². The molecule has 1 N–H and O–H groups in total. The molecule has 0 aliphatic carbocycles. The molecule has 0 aliphatic rings. The van der Waals surface area contributed by atoms with Gasteiger partial charge in [-0.05, 0) is 10.3 Å². The van der Waals surface area contributed by atoms with Crippen LogP contribution in [0.2, 0.25) is 0 Å². The molecule has 1 nitrogen and oxygen atoms in total. The molecule has 0 bridgehead atoms. The van der Waals surface area contributed by atoms with E-state index in [2.05, 4.69) is 0 Å². The predicted molar refractivity (Wildman–Crippen MR) is 23.9 cm³/mol. The SMILES string of the molecule is Oc1css1. The number of hydrogen-bond acceptors (Lipinski definition) is 3. The third-order valence-electron chi connectivity index (χ3n) is 0.282. The molecule has 0 unspecified atom stereocenters. The van der Waals surface area contributed by atoms with Gasteiger partial charge in [-0.2, -0.15) is 0 Å². The lowest BCUT2D eigenvalue weighted by Gasteiger charge is -1.82. The average molecular weight is 106 g/mol. The maximum absolute atomic E-state index is 8.25. The van der Waals surface area contributed by atoms with Gasteiger partial charge in [-0.3, -0.25) is 0 Å². The quantitative estimate of drug-likeness (QED) is 0.497. The Balaban J connectivity index is 2.83. The molecule has 0 aliphatic heterocycles. The van der Waals surface area contributed by atoms with Crippen molar-refractivity contribution in [3.05, 3.63) is 5.38 Å². The highest BCUT2D eigenvalue weighted by Gasteiger charge is 1.82. The molecule has 1 aromatic rings.